The maximum atomic E-state index is 15.5. The monoisotopic (exact) mass is 471 g/mol. The number of hydrogen-bond donors (Lipinski definition) is 0. The fraction of sp³-hybridized carbons (Fsp3) is 0.400. The lowest BCUT2D eigenvalue weighted by molar-refractivity contribution is -0.136. The standard InChI is InChI=1S/C25H26F2N4O3/c1-15-5-6-22-21(10-15)28-25(31(22)14-18-13-29(16(2)32)8-9-34-18)24-19(26)11-17(12-20(24)27)30-7-3-4-23(30)33/h5-6,10-12,18H,3-4,7-9,13-14H2,1-2H3/t18-/m1/s1/i1D3. The molecule has 0 N–H and O–H groups in total. The second-order valence-corrected chi connectivity index (χ2v) is 8.64. The van der Waals surface area contributed by atoms with Gasteiger partial charge in [0.15, 0.2) is 0 Å². The maximum absolute atomic E-state index is 15.5. The molecule has 2 aromatic carbocycles. The van der Waals surface area contributed by atoms with Crippen LogP contribution in [-0.4, -0.2) is 58.6 Å². The van der Waals surface area contributed by atoms with Crippen molar-refractivity contribution in [2.75, 3.05) is 31.1 Å². The van der Waals surface area contributed by atoms with Crippen molar-refractivity contribution in [3.8, 4) is 11.4 Å². The molecule has 2 fully saturated rings. The molecule has 3 aromatic rings. The van der Waals surface area contributed by atoms with E-state index in [-0.39, 0.29) is 46.5 Å². The largest absolute Gasteiger partial charge is 0.373 e. The molecule has 1 aromatic heterocycles. The van der Waals surface area contributed by atoms with Gasteiger partial charge in [0.05, 0.1) is 35.9 Å². The number of morpholine rings is 1. The number of imidazole rings is 1. The van der Waals surface area contributed by atoms with E-state index < -0.39 is 24.6 Å². The second kappa shape index (κ2) is 8.79. The van der Waals surface area contributed by atoms with Crippen LogP contribution in [0.15, 0.2) is 30.3 Å². The molecule has 2 aliphatic rings. The highest BCUT2D eigenvalue weighted by Gasteiger charge is 2.28. The van der Waals surface area contributed by atoms with Crippen molar-refractivity contribution < 1.29 is 27.2 Å². The van der Waals surface area contributed by atoms with Gasteiger partial charge in [0.1, 0.15) is 17.5 Å². The second-order valence-electron chi connectivity index (χ2n) is 8.64. The van der Waals surface area contributed by atoms with E-state index in [9.17, 15) is 9.59 Å². The third-order valence-electron chi connectivity index (χ3n) is 6.35. The molecule has 0 radical (unpaired) electrons. The van der Waals surface area contributed by atoms with Gasteiger partial charge in [-0.2, -0.15) is 0 Å². The first kappa shape index (κ1) is 19.0. The number of nitrogens with zero attached hydrogens (tertiary/aromatic N) is 4. The summed E-state index contributed by atoms with van der Waals surface area (Å²) in [5.41, 5.74) is 0.545. The van der Waals surface area contributed by atoms with Gasteiger partial charge in [0, 0.05) is 42.8 Å². The van der Waals surface area contributed by atoms with Crippen LogP contribution in [-0.2, 0) is 20.9 Å². The van der Waals surface area contributed by atoms with Gasteiger partial charge >= 0.3 is 0 Å². The molecule has 0 spiro atoms. The van der Waals surface area contributed by atoms with Crippen LogP contribution in [0.2, 0.25) is 0 Å². The Labute approximate surface area is 200 Å². The summed E-state index contributed by atoms with van der Waals surface area (Å²) >= 11 is 0. The van der Waals surface area contributed by atoms with Gasteiger partial charge in [-0.1, -0.05) is 6.07 Å². The average Bonchev–Trinajstić information content (AvgIpc) is 3.41. The molecule has 7 nitrogen and oxygen atoms in total. The van der Waals surface area contributed by atoms with Crippen molar-refractivity contribution in [3.05, 3.63) is 47.5 Å². The first-order chi connectivity index (χ1) is 17.5. The molecule has 2 saturated heterocycles. The Balaban J connectivity index is 1.61. The van der Waals surface area contributed by atoms with E-state index >= 15 is 8.78 Å². The fourth-order valence-electron chi connectivity index (χ4n) is 4.68. The van der Waals surface area contributed by atoms with Gasteiger partial charge in [-0.3, -0.25) is 9.59 Å². The van der Waals surface area contributed by atoms with Crippen LogP contribution < -0.4 is 4.90 Å². The van der Waals surface area contributed by atoms with Crippen molar-refractivity contribution in [1.82, 2.24) is 14.5 Å². The summed E-state index contributed by atoms with van der Waals surface area (Å²) in [6.07, 6.45) is 0.471. The summed E-state index contributed by atoms with van der Waals surface area (Å²) in [4.78, 5) is 31.5. The summed E-state index contributed by atoms with van der Waals surface area (Å²) in [6, 6.07) is 6.63. The summed E-state index contributed by atoms with van der Waals surface area (Å²) in [6.45, 7) is 0.666. The highest BCUT2D eigenvalue weighted by atomic mass is 19.1. The number of aryl methyl sites for hydroxylation is 1. The first-order valence-electron chi connectivity index (χ1n) is 12.7. The number of amides is 2. The topological polar surface area (TPSA) is 67.7 Å². The first-order valence-corrected chi connectivity index (χ1v) is 11.2. The molecule has 1 atom stereocenters. The number of rotatable bonds is 4. The average molecular weight is 472 g/mol. The molecule has 34 heavy (non-hydrogen) atoms. The fourth-order valence-corrected chi connectivity index (χ4v) is 4.68. The lowest BCUT2D eigenvalue weighted by atomic mass is 10.1. The molecule has 178 valence electrons. The van der Waals surface area contributed by atoms with Crippen molar-refractivity contribution in [2.24, 2.45) is 0 Å². The van der Waals surface area contributed by atoms with Crippen molar-refractivity contribution >= 4 is 28.5 Å². The molecule has 5 rings (SSSR count). The van der Waals surface area contributed by atoms with E-state index in [4.69, 9.17) is 8.85 Å². The van der Waals surface area contributed by atoms with E-state index in [2.05, 4.69) is 4.98 Å². The number of ether oxygens (including phenoxy) is 1. The quantitative estimate of drug-likeness (QED) is 0.583. The predicted molar refractivity (Wildman–Crippen MR) is 123 cm³/mol. The van der Waals surface area contributed by atoms with E-state index in [0.29, 0.717) is 44.6 Å². The summed E-state index contributed by atoms with van der Waals surface area (Å²) in [5, 5.41) is 0. The number of anilines is 1. The number of carbonyl (C=O) groups is 2. The molecule has 2 aliphatic heterocycles. The molecular weight excluding hydrogens is 442 g/mol. The summed E-state index contributed by atoms with van der Waals surface area (Å²) in [7, 11) is 0. The zero-order valence-corrected chi connectivity index (χ0v) is 18.7. The van der Waals surface area contributed by atoms with Gasteiger partial charge in [-0.25, -0.2) is 13.8 Å². The summed E-state index contributed by atoms with van der Waals surface area (Å²) in [5.74, 6) is -2.11. The Morgan fingerprint density at radius 2 is 2.03 bits per heavy atom. The number of hydrogen-bond acceptors (Lipinski definition) is 4. The van der Waals surface area contributed by atoms with Gasteiger partial charge in [-0.05, 0) is 43.1 Å². The van der Waals surface area contributed by atoms with Gasteiger partial charge in [0.2, 0.25) is 11.8 Å². The zero-order chi connectivity index (χ0) is 26.5. The van der Waals surface area contributed by atoms with Crippen LogP contribution in [0.4, 0.5) is 14.5 Å². The third-order valence-corrected chi connectivity index (χ3v) is 6.35. The summed E-state index contributed by atoms with van der Waals surface area (Å²) < 4.78 is 61.6. The molecular formula is C25H26F2N4O3. The molecule has 2 amide bonds. The van der Waals surface area contributed by atoms with Crippen LogP contribution in [0.5, 0.6) is 0 Å². The van der Waals surface area contributed by atoms with Crippen LogP contribution in [0.1, 0.15) is 29.4 Å². The Kier molecular flexibility index (Phi) is 4.92. The Hall–Kier alpha value is -3.33. The predicted octanol–water partition coefficient (Wildman–Crippen LogP) is 3.66. The molecule has 0 aliphatic carbocycles. The van der Waals surface area contributed by atoms with Crippen LogP contribution >= 0.6 is 0 Å². The van der Waals surface area contributed by atoms with Crippen molar-refractivity contribution in [3.63, 3.8) is 0 Å². The smallest absolute Gasteiger partial charge is 0.227 e. The lowest BCUT2D eigenvalue weighted by Crippen LogP contribution is -2.46. The Bertz CT molecular complexity index is 1370. The number of aromatic nitrogens is 2. The number of halogens is 2. The molecule has 3 heterocycles. The third kappa shape index (κ3) is 4.04. The zero-order valence-electron chi connectivity index (χ0n) is 21.7. The van der Waals surface area contributed by atoms with Crippen LogP contribution in [0, 0.1) is 18.5 Å². The van der Waals surface area contributed by atoms with Gasteiger partial charge in [-0.15, -0.1) is 0 Å². The Morgan fingerprint density at radius 1 is 1.24 bits per heavy atom. The minimum atomic E-state index is -2.38. The van der Waals surface area contributed by atoms with Crippen molar-refractivity contribution in [1.29, 1.82) is 0 Å². The maximum Gasteiger partial charge on any atom is 0.227 e. The molecule has 0 bridgehead atoms. The van der Waals surface area contributed by atoms with E-state index in [0.717, 1.165) is 12.1 Å². The van der Waals surface area contributed by atoms with E-state index in [1.807, 2.05) is 0 Å². The number of fused-ring (bicyclic) bond motifs is 1. The molecule has 0 saturated carbocycles. The number of carbonyl (C=O) groups excluding carboxylic acids is 2. The molecule has 0 unspecified atom stereocenters. The lowest BCUT2D eigenvalue weighted by Gasteiger charge is -2.32. The molecule has 9 heteroatoms. The normalized spacial score (nSPS) is 20.5. The van der Waals surface area contributed by atoms with E-state index in [1.165, 1.54) is 24.0 Å². The van der Waals surface area contributed by atoms with Crippen LogP contribution in [0.3, 0.4) is 0 Å². The van der Waals surface area contributed by atoms with Crippen molar-refractivity contribution in [2.45, 2.75) is 39.3 Å². The minimum Gasteiger partial charge on any atom is -0.373 e. The van der Waals surface area contributed by atoms with E-state index in [1.54, 1.807) is 15.5 Å². The SMILES string of the molecule is [2H]C([2H])([2H])c1ccc2c(c1)nc(-c1c(F)cc(N3CCCC3=O)cc1F)n2C[C@H]1CN(C(C)=O)CCO1. The number of benzene rings is 2. The van der Waals surface area contributed by atoms with Gasteiger partial charge in [0.25, 0.3) is 0 Å². The minimum absolute atomic E-state index is 0.0319. The highest BCUT2D eigenvalue weighted by molar-refractivity contribution is 5.95. The van der Waals surface area contributed by atoms with Gasteiger partial charge < -0.3 is 19.1 Å². The highest BCUT2D eigenvalue weighted by Crippen LogP contribution is 2.34. The van der Waals surface area contributed by atoms with Crippen LogP contribution in [0.25, 0.3) is 22.4 Å². The Morgan fingerprint density at radius 3 is 2.71 bits per heavy atom.